The molecule has 19 heavy (non-hydrogen) atoms. The lowest BCUT2D eigenvalue weighted by Crippen LogP contribution is -2.29. The Balaban J connectivity index is 2.09. The van der Waals surface area contributed by atoms with Gasteiger partial charge in [0.05, 0.1) is 6.04 Å². The molecule has 0 aromatic heterocycles. The van der Waals surface area contributed by atoms with Crippen LogP contribution in [-0.2, 0) is 9.59 Å². The number of carbonyl (C=O) groups is 2. The highest BCUT2D eigenvalue weighted by molar-refractivity contribution is 5.96. The Labute approximate surface area is 111 Å². The van der Waals surface area contributed by atoms with Gasteiger partial charge in [-0.05, 0) is 31.5 Å². The molecule has 5 heteroatoms. The summed E-state index contributed by atoms with van der Waals surface area (Å²) in [6.45, 7) is 2.19. The third kappa shape index (κ3) is 3.72. The number of hydrogen-bond donors (Lipinski definition) is 1. The number of ether oxygens (including phenoxy) is 1. The van der Waals surface area contributed by atoms with Crippen molar-refractivity contribution in [2.45, 2.75) is 25.8 Å². The first kappa shape index (κ1) is 13.4. The third-order valence-electron chi connectivity index (χ3n) is 2.86. The van der Waals surface area contributed by atoms with Gasteiger partial charge in [0.15, 0.2) is 0 Å². The van der Waals surface area contributed by atoms with Crippen molar-refractivity contribution in [1.82, 2.24) is 5.32 Å². The van der Waals surface area contributed by atoms with E-state index in [0.29, 0.717) is 11.3 Å². The smallest absolute Gasteiger partial charge is 0.308 e. The zero-order valence-electron chi connectivity index (χ0n) is 10.8. The minimum Gasteiger partial charge on any atom is -0.426 e. The van der Waals surface area contributed by atoms with Crippen LogP contribution in [0.25, 0.3) is 0 Å². The topological polar surface area (TPSA) is 67.8 Å². The van der Waals surface area contributed by atoms with Gasteiger partial charge in [-0.25, -0.2) is 4.99 Å². The lowest BCUT2D eigenvalue weighted by atomic mass is 10.2. The van der Waals surface area contributed by atoms with Crippen LogP contribution in [0, 0.1) is 0 Å². The number of nitrogens with zero attached hydrogens (tertiary/aromatic N) is 1. The van der Waals surface area contributed by atoms with Gasteiger partial charge in [-0.3, -0.25) is 9.59 Å². The molecule has 1 aromatic rings. The lowest BCUT2D eigenvalue weighted by molar-refractivity contribution is -0.131. The normalized spacial score (nSPS) is 18.7. The van der Waals surface area contributed by atoms with Gasteiger partial charge >= 0.3 is 5.97 Å². The van der Waals surface area contributed by atoms with E-state index in [2.05, 4.69) is 10.3 Å². The molecule has 0 saturated carbocycles. The molecule has 1 fully saturated rings. The number of para-hydroxylation sites is 1. The van der Waals surface area contributed by atoms with Gasteiger partial charge in [0, 0.05) is 18.7 Å². The first-order chi connectivity index (χ1) is 9.16. The number of nitrogens with one attached hydrogen (secondary N) is 1. The van der Waals surface area contributed by atoms with E-state index in [1.165, 1.54) is 13.1 Å². The first-order valence-electron chi connectivity index (χ1n) is 6.25. The van der Waals surface area contributed by atoms with Crippen molar-refractivity contribution in [2.24, 2.45) is 4.99 Å². The third-order valence-corrected chi connectivity index (χ3v) is 2.86. The first-order valence-corrected chi connectivity index (χ1v) is 6.25. The Morgan fingerprint density at radius 3 is 2.89 bits per heavy atom. The predicted molar refractivity (Wildman–Crippen MR) is 71.4 cm³/mol. The fourth-order valence-electron chi connectivity index (χ4n) is 1.95. The maximum absolute atomic E-state index is 11.8. The summed E-state index contributed by atoms with van der Waals surface area (Å²) in [5, 5.41) is 3.09. The van der Waals surface area contributed by atoms with Crippen LogP contribution in [0.5, 0.6) is 5.75 Å². The zero-order valence-corrected chi connectivity index (χ0v) is 10.8. The Morgan fingerprint density at radius 2 is 2.21 bits per heavy atom. The number of carbonyl (C=O) groups excluding carboxylic acids is 2. The van der Waals surface area contributed by atoms with Crippen molar-refractivity contribution in [1.29, 1.82) is 0 Å². The van der Waals surface area contributed by atoms with Crippen LogP contribution in [0.3, 0.4) is 0 Å². The molecule has 0 radical (unpaired) electrons. The maximum atomic E-state index is 11.8. The molecule has 1 aliphatic heterocycles. The molecule has 0 unspecified atom stereocenters. The van der Waals surface area contributed by atoms with Crippen molar-refractivity contribution in [3.8, 4) is 5.75 Å². The van der Waals surface area contributed by atoms with Crippen LogP contribution in [0.15, 0.2) is 29.3 Å². The molecule has 1 saturated heterocycles. The van der Waals surface area contributed by atoms with E-state index in [4.69, 9.17) is 4.74 Å². The average Bonchev–Trinajstić information content (AvgIpc) is 2.90. The summed E-state index contributed by atoms with van der Waals surface area (Å²) in [6.07, 6.45) is 3.26. The molecule has 1 amide bonds. The molecule has 2 rings (SSSR count). The molecule has 1 N–H and O–H groups in total. The summed E-state index contributed by atoms with van der Waals surface area (Å²) >= 11 is 0. The highest BCUT2D eigenvalue weighted by atomic mass is 16.5. The van der Waals surface area contributed by atoms with Gasteiger partial charge in [0.1, 0.15) is 5.75 Å². The second-order valence-corrected chi connectivity index (χ2v) is 4.38. The van der Waals surface area contributed by atoms with E-state index in [1.807, 2.05) is 0 Å². The van der Waals surface area contributed by atoms with Crippen molar-refractivity contribution in [2.75, 3.05) is 6.54 Å². The number of benzene rings is 1. The second kappa shape index (κ2) is 6.24. The Morgan fingerprint density at radius 1 is 1.42 bits per heavy atom. The van der Waals surface area contributed by atoms with Gasteiger partial charge in [0.25, 0.3) is 5.91 Å². The quantitative estimate of drug-likeness (QED) is 0.505. The molecule has 5 nitrogen and oxygen atoms in total. The van der Waals surface area contributed by atoms with Crippen molar-refractivity contribution >= 4 is 18.1 Å². The van der Waals surface area contributed by atoms with Gasteiger partial charge < -0.3 is 10.1 Å². The van der Waals surface area contributed by atoms with Crippen LogP contribution in [0.4, 0.5) is 0 Å². The fourth-order valence-corrected chi connectivity index (χ4v) is 1.95. The molecule has 0 spiro atoms. The minimum absolute atomic E-state index is 0.183. The van der Waals surface area contributed by atoms with Crippen LogP contribution >= 0.6 is 0 Å². The van der Waals surface area contributed by atoms with Crippen LogP contribution < -0.4 is 10.1 Å². The molecule has 1 heterocycles. The van der Waals surface area contributed by atoms with Crippen molar-refractivity contribution < 1.29 is 14.3 Å². The Hall–Kier alpha value is -2.01. The summed E-state index contributed by atoms with van der Waals surface area (Å²) in [5.41, 5.74) is 0.615. The standard InChI is InChI=1S/C14H16N2O3/c1-10(17)19-13-7-3-2-5-11(13)9-16-14(18)12-6-4-8-15-12/h2-3,5,7,9,12,15H,4,6,8H2,1H3/t12-/m0/s1. The molecular formula is C14H16N2O3. The Kier molecular flexibility index (Phi) is 4.41. The van der Waals surface area contributed by atoms with Gasteiger partial charge in [0.2, 0.25) is 0 Å². The molecule has 1 atom stereocenters. The molecule has 100 valence electrons. The number of aliphatic imine (C=N–C) groups is 1. The average molecular weight is 260 g/mol. The Bertz CT molecular complexity index is 505. The molecule has 0 bridgehead atoms. The van der Waals surface area contributed by atoms with E-state index in [0.717, 1.165) is 19.4 Å². The summed E-state index contributed by atoms with van der Waals surface area (Å²) < 4.78 is 5.05. The number of hydrogen-bond acceptors (Lipinski definition) is 4. The number of esters is 1. The van der Waals surface area contributed by atoms with E-state index in [1.54, 1.807) is 24.3 Å². The van der Waals surface area contributed by atoms with E-state index in [-0.39, 0.29) is 11.9 Å². The van der Waals surface area contributed by atoms with Gasteiger partial charge in [-0.15, -0.1) is 0 Å². The van der Waals surface area contributed by atoms with Gasteiger partial charge in [-0.1, -0.05) is 12.1 Å². The molecule has 1 aliphatic rings. The van der Waals surface area contributed by atoms with Crippen LogP contribution in [0.2, 0.25) is 0 Å². The molecule has 0 aliphatic carbocycles. The monoisotopic (exact) mass is 260 g/mol. The number of amides is 1. The van der Waals surface area contributed by atoms with Gasteiger partial charge in [-0.2, -0.15) is 0 Å². The summed E-state index contributed by atoms with van der Waals surface area (Å²) in [7, 11) is 0. The molecule has 1 aromatic carbocycles. The highest BCUT2D eigenvalue weighted by Gasteiger charge is 2.20. The van der Waals surface area contributed by atoms with Crippen LogP contribution in [0.1, 0.15) is 25.3 Å². The summed E-state index contributed by atoms with van der Waals surface area (Å²) in [6, 6.07) is 6.79. The second-order valence-electron chi connectivity index (χ2n) is 4.38. The van der Waals surface area contributed by atoms with Crippen LogP contribution in [-0.4, -0.2) is 30.7 Å². The highest BCUT2D eigenvalue weighted by Crippen LogP contribution is 2.16. The predicted octanol–water partition coefficient (Wildman–Crippen LogP) is 1.31. The summed E-state index contributed by atoms with van der Waals surface area (Å²) in [5.74, 6) is -0.175. The zero-order chi connectivity index (χ0) is 13.7. The number of rotatable bonds is 3. The molecular weight excluding hydrogens is 244 g/mol. The SMILES string of the molecule is CC(=O)Oc1ccccc1C=NC(=O)[C@@H]1CCCN1. The largest absolute Gasteiger partial charge is 0.426 e. The van der Waals surface area contributed by atoms with Crippen molar-refractivity contribution in [3.63, 3.8) is 0 Å². The fraction of sp³-hybridized carbons (Fsp3) is 0.357. The lowest BCUT2D eigenvalue weighted by Gasteiger charge is -2.05. The van der Waals surface area contributed by atoms with E-state index in [9.17, 15) is 9.59 Å². The van der Waals surface area contributed by atoms with Crippen molar-refractivity contribution in [3.05, 3.63) is 29.8 Å². The van der Waals surface area contributed by atoms with E-state index < -0.39 is 5.97 Å². The minimum atomic E-state index is -0.398. The summed E-state index contributed by atoms with van der Waals surface area (Å²) in [4.78, 5) is 26.7. The maximum Gasteiger partial charge on any atom is 0.308 e. The van der Waals surface area contributed by atoms with E-state index >= 15 is 0 Å².